The average Bonchev–Trinajstić information content (AvgIpc) is 2.33. The number of nitrogens with one attached hydrogen (secondary N) is 2. The Balaban J connectivity index is 1.92. The van der Waals surface area contributed by atoms with E-state index in [1.165, 1.54) is 11.1 Å². The van der Waals surface area contributed by atoms with Crippen molar-refractivity contribution in [1.29, 1.82) is 0 Å². The molecule has 3 N–H and O–H groups in total. The zero-order valence-electron chi connectivity index (χ0n) is 9.67. The third-order valence-corrected chi connectivity index (χ3v) is 4.26. The second-order valence-corrected chi connectivity index (χ2v) is 5.51. The van der Waals surface area contributed by atoms with E-state index in [0.717, 1.165) is 31.0 Å². The minimum absolute atomic E-state index is 0.164. The Labute approximate surface area is 106 Å². The summed E-state index contributed by atoms with van der Waals surface area (Å²) in [4.78, 5) is 0. The van der Waals surface area contributed by atoms with Gasteiger partial charge in [-0.1, -0.05) is 17.7 Å². The Bertz CT molecular complexity index is 437. The largest absolute Gasteiger partial charge is 0.390 e. The summed E-state index contributed by atoms with van der Waals surface area (Å²) in [6, 6.07) is 6.04. The molecule has 2 aliphatic heterocycles. The molecule has 0 aromatic heterocycles. The van der Waals surface area contributed by atoms with Gasteiger partial charge in [-0.3, -0.25) is 0 Å². The average molecular weight is 253 g/mol. The van der Waals surface area contributed by atoms with Gasteiger partial charge in [0.25, 0.3) is 0 Å². The maximum absolute atomic E-state index is 10.2. The number of aliphatic hydroxyl groups excluding tert-OH is 1. The first-order chi connectivity index (χ1) is 8.20. The number of piperidine rings is 1. The first-order valence-electron chi connectivity index (χ1n) is 6.11. The molecule has 0 bridgehead atoms. The second kappa shape index (κ2) is 4.25. The minimum Gasteiger partial charge on any atom is -0.390 e. The lowest BCUT2D eigenvalue weighted by Gasteiger charge is -2.45. The molecule has 0 radical (unpaired) electrons. The van der Waals surface area contributed by atoms with Crippen LogP contribution in [-0.4, -0.2) is 29.8 Å². The molecule has 0 aliphatic carbocycles. The van der Waals surface area contributed by atoms with Crippen LogP contribution in [0.3, 0.4) is 0 Å². The van der Waals surface area contributed by atoms with Crippen LogP contribution in [0.5, 0.6) is 0 Å². The van der Waals surface area contributed by atoms with Crippen molar-refractivity contribution in [1.82, 2.24) is 10.6 Å². The number of fused-ring (bicyclic) bond motifs is 1. The number of halogens is 1. The van der Waals surface area contributed by atoms with E-state index in [1.807, 2.05) is 12.1 Å². The molecule has 1 fully saturated rings. The van der Waals surface area contributed by atoms with E-state index in [1.54, 1.807) is 0 Å². The molecule has 2 unspecified atom stereocenters. The number of benzene rings is 1. The number of hydrogen-bond acceptors (Lipinski definition) is 3. The molecular formula is C13H17ClN2O. The summed E-state index contributed by atoms with van der Waals surface area (Å²) in [5, 5.41) is 17.8. The SMILES string of the molecule is OC1CNCCC12Cc1cc(Cl)ccc1CN2. The van der Waals surface area contributed by atoms with Gasteiger partial charge in [-0.2, -0.15) is 0 Å². The van der Waals surface area contributed by atoms with Crippen LogP contribution < -0.4 is 10.6 Å². The molecule has 2 heterocycles. The number of aliphatic hydroxyl groups is 1. The number of β-amino-alcohol motifs (C(OH)–C–C–N with tert-alkyl or cyclic N) is 1. The van der Waals surface area contributed by atoms with E-state index in [2.05, 4.69) is 16.7 Å². The molecule has 92 valence electrons. The summed E-state index contributed by atoms with van der Waals surface area (Å²) in [7, 11) is 0. The van der Waals surface area contributed by atoms with Gasteiger partial charge >= 0.3 is 0 Å². The van der Waals surface area contributed by atoms with Crippen LogP contribution in [0.1, 0.15) is 17.5 Å². The smallest absolute Gasteiger partial charge is 0.0849 e. The number of hydrogen-bond donors (Lipinski definition) is 3. The monoisotopic (exact) mass is 252 g/mol. The maximum Gasteiger partial charge on any atom is 0.0849 e. The van der Waals surface area contributed by atoms with Gasteiger partial charge in [0.2, 0.25) is 0 Å². The summed E-state index contributed by atoms with van der Waals surface area (Å²) >= 11 is 6.05. The summed E-state index contributed by atoms with van der Waals surface area (Å²) in [6.45, 7) is 2.45. The Morgan fingerprint density at radius 2 is 2.24 bits per heavy atom. The van der Waals surface area contributed by atoms with Gasteiger partial charge in [-0.05, 0) is 42.6 Å². The lowest BCUT2D eigenvalue weighted by molar-refractivity contribution is 0.0287. The van der Waals surface area contributed by atoms with Gasteiger partial charge in [-0.25, -0.2) is 0 Å². The van der Waals surface area contributed by atoms with Crippen LogP contribution in [0.25, 0.3) is 0 Å². The van der Waals surface area contributed by atoms with Gasteiger partial charge in [0, 0.05) is 18.1 Å². The van der Waals surface area contributed by atoms with E-state index in [0.29, 0.717) is 6.54 Å². The summed E-state index contributed by atoms with van der Waals surface area (Å²) in [5.41, 5.74) is 2.41. The Hall–Kier alpha value is -0.610. The van der Waals surface area contributed by atoms with Crippen molar-refractivity contribution in [3.8, 4) is 0 Å². The van der Waals surface area contributed by atoms with Crippen LogP contribution in [-0.2, 0) is 13.0 Å². The summed E-state index contributed by atoms with van der Waals surface area (Å²) < 4.78 is 0. The van der Waals surface area contributed by atoms with E-state index in [-0.39, 0.29) is 11.6 Å². The molecule has 3 rings (SSSR count). The van der Waals surface area contributed by atoms with E-state index in [9.17, 15) is 5.11 Å². The van der Waals surface area contributed by atoms with Crippen LogP contribution >= 0.6 is 11.6 Å². The topological polar surface area (TPSA) is 44.3 Å². The van der Waals surface area contributed by atoms with Gasteiger partial charge in [-0.15, -0.1) is 0 Å². The highest BCUT2D eigenvalue weighted by Crippen LogP contribution is 2.31. The molecule has 2 atom stereocenters. The molecule has 2 aliphatic rings. The first-order valence-corrected chi connectivity index (χ1v) is 6.48. The molecule has 1 aromatic carbocycles. The Morgan fingerprint density at radius 3 is 3.06 bits per heavy atom. The summed E-state index contributed by atoms with van der Waals surface area (Å²) in [6.07, 6.45) is 1.50. The molecule has 3 nitrogen and oxygen atoms in total. The molecule has 17 heavy (non-hydrogen) atoms. The van der Waals surface area contributed by atoms with Crippen LogP contribution in [0.15, 0.2) is 18.2 Å². The van der Waals surface area contributed by atoms with E-state index >= 15 is 0 Å². The maximum atomic E-state index is 10.2. The molecule has 4 heteroatoms. The standard InChI is InChI=1S/C13H17ClN2O/c14-11-2-1-9-7-16-13(6-10(9)5-11)3-4-15-8-12(13)17/h1-2,5,12,15-17H,3-4,6-8H2. The van der Waals surface area contributed by atoms with Crippen LogP contribution in [0.4, 0.5) is 0 Å². The molecule has 1 spiro atoms. The number of rotatable bonds is 0. The lowest BCUT2D eigenvalue weighted by Crippen LogP contribution is -2.64. The molecule has 1 aromatic rings. The molecule has 0 amide bonds. The van der Waals surface area contributed by atoms with Gasteiger partial charge in [0.1, 0.15) is 0 Å². The normalized spacial score (nSPS) is 32.5. The quantitative estimate of drug-likeness (QED) is 0.648. The third kappa shape index (κ3) is 1.97. The highest BCUT2D eigenvalue weighted by Gasteiger charge is 2.41. The molecule has 1 saturated heterocycles. The second-order valence-electron chi connectivity index (χ2n) is 5.07. The summed E-state index contributed by atoms with van der Waals surface area (Å²) in [5.74, 6) is 0. The van der Waals surface area contributed by atoms with Crippen molar-refractivity contribution >= 4 is 11.6 Å². The van der Waals surface area contributed by atoms with Gasteiger partial charge in [0.05, 0.1) is 11.6 Å². The highest BCUT2D eigenvalue weighted by molar-refractivity contribution is 6.30. The Kier molecular flexibility index (Phi) is 2.87. The van der Waals surface area contributed by atoms with E-state index < -0.39 is 0 Å². The van der Waals surface area contributed by atoms with Crippen molar-refractivity contribution in [3.05, 3.63) is 34.3 Å². The zero-order valence-corrected chi connectivity index (χ0v) is 10.4. The van der Waals surface area contributed by atoms with Crippen molar-refractivity contribution in [2.24, 2.45) is 0 Å². The van der Waals surface area contributed by atoms with Crippen LogP contribution in [0, 0.1) is 0 Å². The minimum atomic E-state index is -0.330. The highest BCUT2D eigenvalue weighted by atomic mass is 35.5. The Morgan fingerprint density at radius 1 is 1.35 bits per heavy atom. The first kappa shape index (κ1) is 11.5. The fourth-order valence-electron chi connectivity index (χ4n) is 2.93. The van der Waals surface area contributed by atoms with Crippen molar-refractivity contribution in [2.75, 3.05) is 13.1 Å². The molecule has 0 saturated carbocycles. The van der Waals surface area contributed by atoms with Gasteiger partial charge < -0.3 is 15.7 Å². The predicted molar refractivity (Wildman–Crippen MR) is 68.2 cm³/mol. The van der Waals surface area contributed by atoms with Gasteiger partial charge in [0.15, 0.2) is 0 Å². The predicted octanol–water partition coefficient (Wildman–Crippen LogP) is 1.08. The molecular weight excluding hydrogens is 236 g/mol. The van der Waals surface area contributed by atoms with Crippen molar-refractivity contribution in [2.45, 2.75) is 31.0 Å². The zero-order chi connectivity index (χ0) is 11.9. The lowest BCUT2D eigenvalue weighted by atomic mass is 9.76. The van der Waals surface area contributed by atoms with Crippen LogP contribution in [0.2, 0.25) is 5.02 Å². The third-order valence-electron chi connectivity index (χ3n) is 4.03. The van der Waals surface area contributed by atoms with Crippen molar-refractivity contribution in [3.63, 3.8) is 0 Å². The van der Waals surface area contributed by atoms with Crippen molar-refractivity contribution < 1.29 is 5.11 Å². The van der Waals surface area contributed by atoms with E-state index in [4.69, 9.17) is 11.6 Å². The fourth-order valence-corrected chi connectivity index (χ4v) is 3.12. The fraction of sp³-hybridized carbons (Fsp3) is 0.538.